The maximum absolute atomic E-state index is 12.4. The molecule has 2 rings (SSSR count). The monoisotopic (exact) mass is 419 g/mol. The zero-order chi connectivity index (χ0) is 21.6. The first-order chi connectivity index (χ1) is 13.7. The third kappa shape index (κ3) is 5.33. The summed E-state index contributed by atoms with van der Waals surface area (Å²) in [4.78, 5) is 24.4. The van der Waals surface area contributed by atoms with Gasteiger partial charge in [-0.05, 0) is 30.2 Å². The second-order valence-corrected chi connectivity index (χ2v) is 8.63. The quantitative estimate of drug-likeness (QED) is 0.632. The van der Waals surface area contributed by atoms with Crippen LogP contribution < -0.4 is 10.6 Å². The van der Waals surface area contributed by atoms with Crippen molar-refractivity contribution in [2.75, 3.05) is 33.1 Å². The average molecular weight is 420 g/mol. The summed E-state index contributed by atoms with van der Waals surface area (Å²) in [5.41, 5.74) is 2.07. The first kappa shape index (κ1) is 22.4. The number of hydrogen-bond acceptors (Lipinski definition) is 6. The first-order valence-electron chi connectivity index (χ1n) is 8.87. The Labute approximate surface area is 170 Å². The van der Waals surface area contributed by atoms with Gasteiger partial charge in [0, 0.05) is 26.3 Å². The molecule has 156 valence electrons. The molecule has 1 amide bonds. The maximum Gasteiger partial charge on any atom is 0.340 e. The van der Waals surface area contributed by atoms with E-state index in [1.165, 1.54) is 27.3 Å². The lowest BCUT2D eigenvalue weighted by atomic mass is 10.1. The van der Waals surface area contributed by atoms with Crippen LogP contribution in [0.2, 0.25) is 0 Å². The molecule has 29 heavy (non-hydrogen) atoms. The van der Waals surface area contributed by atoms with Gasteiger partial charge < -0.3 is 15.4 Å². The fraction of sp³-hybridized carbons (Fsp3) is 0.300. The Morgan fingerprint density at radius 1 is 1.07 bits per heavy atom. The van der Waals surface area contributed by atoms with Crippen LogP contribution in [0.4, 0.5) is 5.69 Å². The highest BCUT2D eigenvalue weighted by molar-refractivity contribution is 7.89. The Kier molecular flexibility index (Phi) is 7.35. The molecule has 0 saturated carbocycles. The number of amides is 1. The first-order valence-corrected chi connectivity index (χ1v) is 10.3. The van der Waals surface area contributed by atoms with E-state index in [-0.39, 0.29) is 23.9 Å². The lowest BCUT2D eigenvalue weighted by molar-refractivity contribution is -0.119. The summed E-state index contributed by atoms with van der Waals surface area (Å²) in [5, 5.41) is 5.63. The normalized spacial score (nSPS) is 11.2. The van der Waals surface area contributed by atoms with E-state index in [1.807, 2.05) is 0 Å². The highest BCUT2D eigenvalue weighted by atomic mass is 32.2. The van der Waals surface area contributed by atoms with E-state index in [4.69, 9.17) is 4.74 Å². The molecule has 0 heterocycles. The van der Waals surface area contributed by atoms with Gasteiger partial charge in [0.1, 0.15) is 0 Å². The molecule has 0 spiro atoms. The summed E-state index contributed by atoms with van der Waals surface area (Å²) in [7, 11) is 0.585. The zero-order valence-corrected chi connectivity index (χ0v) is 17.7. The number of anilines is 1. The molecule has 0 unspecified atom stereocenters. The van der Waals surface area contributed by atoms with Crippen molar-refractivity contribution in [2.24, 2.45) is 0 Å². The Morgan fingerprint density at radius 3 is 2.41 bits per heavy atom. The predicted octanol–water partition coefficient (Wildman–Crippen LogP) is 1.76. The molecule has 0 saturated heterocycles. The molecule has 9 heteroatoms. The lowest BCUT2D eigenvalue weighted by Crippen LogP contribution is -2.31. The van der Waals surface area contributed by atoms with Crippen molar-refractivity contribution in [1.82, 2.24) is 9.62 Å². The zero-order valence-electron chi connectivity index (χ0n) is 16.9. The number of sulfonamides is 1. The second kappa shape index (κ2) is 9.53. The number of nitrogens with one attached hydrogen (secondary N) is 2. The van der Waals surface area contributed by atoms with Crippen molar-refractivity contribution in [2.45, 2.75) is 18.4 Å². The van der Waals surface area contributed by atoms with E-state index >= 15 is 0 Å². The molecular weight excluding hydrogens is 394 g/mol. The molecular formula is C20H25N3O5S. The van der Waals surface area contributed by atoms with Crippen LogP contribution in [0.15, 0.2) is 47.4 Å². The fourth-order valence-corrected chi connectivity index (χ4v) is 3.83. The lowest BCUT2D eigenvalue weighted by Gasteiger charge is -2.16. The smallest absolute Gasteiger partial charge is 0.340 e. The number of aryl methyl sites for hydroxylation is 1. The number of carbonyl (C=O) groups is 2. The van der Waals surface area contributed by atoms with Crippen molar-refractivity contribution in [1.29, 1.82) is 0 Å². The summed E-state index contributed by atoms with van der Waals surface area (Å²) >= 11 is 0. The molecule has 0 atom stereocenters. The van der Waals surface area contributed by atoms with Crippen molar-refractivity contribution < 1.29 is 22.7 Å². The van der Waals surface area contributed by atoms with Crippen LogP contribution in [0.5, 0.6) is 0 Å². The van der Waals surface area contributed by atoms with Gasteiger partial charge in [-0.2, -0.15) is 0 Å². The van der Waals surface area contributed by atoms with E-state index in [1.54, 1.807) is 43.3 Å². The summed E-state index contributed by atoms with van der Waals surface area (Å²) in [5.74, 6) is -0.840. The number of rotatable bonds is 8. The van der Waals surface area contributed by atoms with Crippen LogP contribution in [0.25, 0.3) is 0 Å². The minimum atomic E-state index is -3.62. The summed E-state index contributed by atoms with van der Waals surface area (Å²) < 4.78 is 30.8. The number of nitrogens with zero attached hydrogens (tertiary/aromatic N) is 1. The number of esters is 1. The largest absolute Gasteiger partial charge is 0.465 e. The molecule has 0 aromatic heterocycles. The van der Waals surface area contributed by atoms with Crippen LogP contribution in [-0.2, 0) is 26.1 Å². The summed E-state index contributed by atoms with van der Waals surface area (Å²) in [6.45, 7) is 1.75. The van der Waals surface area contributed by atoms with Gasteiger partial charge in [-0.25, -0.2) is 17.5 Å². The van der Waals surface area contributed by atoms with Gasteiger partial charge in [0.05, 0.1) is 24.1 Å². The number of benzene rings is 2. The summed E-state index contributed by atoms with van der Waals surface area (Å²) in [6.07, 6.45) is 0. The van der Waals surface area contributed by atoms with Crippen molar-refractivity contribution in [3.8, 4) is 0 Å². The minimum absolute atomic E-state index is 0.0570. The second-order valence-electron chi connectivity index (χ2n) is 6.51. The molecule has 0 aliphatic carbocycles. The van der Waals surface area contributed by atoms with Gasteiger partial charge in [0.15, 0.2) is 0 Å². The topological polar surface area (TPSA) is 105 Å². The van der Waals surface area contributed by atoms with Gasteiger partial charge in [-0.3, -0.25) is 4.79 Å². The number of hydrogen-bond donors (Lipinski definition) is 2. The minimum Gasteiger partial charge on any atom is -0.465 e. The number of methoxy groups -OCH3 is 1. The van der Waals surface area contributed by atoms with E-state index < -0.39 is 16.0 Å². The average Bonchev–Trinajstić information content (AvgIpc) is 2.70. The van der Waals surface area contributed by atoms with E-state index in [2.05, 4.69) is 10.6 Å². The number of ether oxygens (including phenoxy) is 1. The van der Waals surface area contributed by atoms with E-state index in [0.29, 0.717) is 16.8 Å². The standard InChI is InChI=1S/C20H25N3O5S/c1-14-8-7-10-16(19(14)20(25)28-4)21-13-18(24)22-12-15-9-5-6-11-17(15)29(26,27)23(2)3/h5-11,21H,12-13H2,1-4H3,(H,22,24). The maximum atomic E-state index is 12.4. The Balaban J connectivity index is 2.07. The van der Waals surface area contributed by atoms with E-state index in [0.717, 1.165) is 9.87 Å². The molecule has 8 nitrogen and oxygen atoms in total. The van der Waals surface area contributed by atoms with Gasteiger partial charge >= 0.3 is 5.97 Å². The Morgan fingerprint density at radius 2 is 1.76 bits per heavy atom. The van der Waals surface area contributed by atoms with Crippen LogP contribution in [0.1, 0.15) is 21.5 Å². The summed E-state index contributed by atoms with van der Waals surface area (Å²) in [6, 6.07) is 11.7. The van der Waals surface area contributed by atoms with Gasteiger partial charge in [0.2, 0.25) is 15.9 Å². The highest BCUT2D eigenvalue weighted by Gasteiger charge is 2.21. The van der Waals surface area contributed by atoms with Gasteiger partial charge in [0.25, 0.3) is 0 Å². The van der Waals surface area contributed by atoms with Crippen molar-refractivity contribution in [3.63, 3.8) is 0 Å². The molecule has 0 aliphatic rings. The van der Waals surface area contributed by atoms with Crippen LogP contribution >= 0.6 is 0 Å². The molecule has 2 aromatic rings. The molecule has 2 aromatic carbocycles. The number of carbonyl (C=O) groups excluding carboxylic acids is 2. The van der Waals surface area contributed by atoms with Gasteiger partial charge in [-0.1, -0.05) is 30.3 Å². The predicted molar refractivity (Wildman–Crippen MR) is 110 cm³/mol. The van der Waals surface area contributed by atoms with Crippen LogP contribution in [0.3, 0.4) is 0 Å². The Hall–Kier alpha value is -2.91. The molecule has 0 bridgehead atoms. The fourth-order valence-electron chi connectivity index (χ4n) is 2.72. The Bertz CT molecular complexity index is 1000. The third-order valence-corrected chi connectivity index (χ3v) is 6.22. The third-order valence-electron chi connectivity index (χ3n) is 4.31. The SMILES string of the molecule is COC(=O)c1c(C)cccc1NCC(=O)NCc1ccccc1S(=O)(=O)N(C)C. The molecule has 0 aliphatic heterocycles. The van der Waals surface area contributed by atoms with E-state index in [9.17, 15) is 18.0 Å². The van der Waals surface area contributed by atoms with Crippen molar-refractivity contribution >= 4 is 27.6 Å². The molecule has 2 N–H and O–H groups in total. The van der Waals surface area contributed by atoms with Crippen molar-refractivity contribution in [3.05, 3.63) is 59.2 Å². The van der Waals surface area contributed by atoms with Crippen LogP contribution in [-0.4, -0.2) is 52.3 Å². The molecule has 0 fully saturated rings. The van der Waals surface area contributed by atoms with Gasteiger partial charge in [-0.15, -0.1) is 0 Å². The highest BCUT2D eigenvalue weighted by Crippen LogP contribution is 2.21. The molecule has 0 radical (unpaired) electrons. The van der Waals surface area contributed by atoms with Crippen LogP contribution in [0, 0.1) is 6.92 Å².